The summed E-state index contributed by atoms with van der Waals surface area (Å²) in [5.41, 5.74) is 1.50. The topological polar surface area (TPSA) is 69.5 Å². The molecule has 2 aromatic rings. The second-order valence-electron chi connectivity index (χ2n) is 5.80. The summed E-state index contributed by atoms with van der Waals surface area (Å²) in [4.78, 5) is 13.9. The van der Waals surface area contributed by atoms with Gasteiger partial charge in [-0.15, -0.1) is 5.10 Å². The molecular formula is C17H20N4O3. The van der Waals surface area contributed by atoms with E-state index in [2.05, 4.69) is 16.9 Å². The van der Waals surface area contributed by atoms with Crippen LogP contribution < -0.4 is 14.4 Å². The monoisotopic (exact) mass is 328 g/mol. The van der Waals surface area contributed by atoms with Gasteiger partial charge in [0.1, 0.15) is 0 Å². The molecule has 0 bridgehead atoms. The fourth-order valence-corrected chi connectivity index (χ4v) is 2.48. The van der Waals surface area contributed by atoms with Crippen LogP contribution in [0.25, 0.3) is 0 Å². The van der Waals surface area contributed by atoms with Gasteiger partial charge in [0.05, 0.1) is 18.4 Å². The van der Waals surface area contributed by atoms with Crippen LogP contribution in [0.15, 0.2) is 37.1 Å². The van der Waals surface area contributed by atoms with Crippen LogP contribution in [0.4, 0.5) is 5.69 Å². The molecule has 0 saturated carbocycles. The Morgan fingerprint density at radius 1 is 1.42 bits per heavy atom. The van der Waals surface area contributed by atoms with Crippen molar-refractivity contribution in [2.24, 2.45) is 7.05 Å². The Morgan fingerprint density at radius 3 is 2.79 bits per heavy atom. The number of ether oxygens (including phenoxy) is 2. The van der Waals surface area contributed by atoms with Crippen molar-refractivity contribution in [3.63, 3.8) is 0 Å². The molecule has 0 N–H and O–H groups in total. The van der Waals surface area contributed by atoms with Gasteiger partial charge in [0.2, 0.25) is 5.79 Å². The molecular weight excluding hydrogens is 308 g/mol. The van der Waals surface area contributed by atoms with E-state index in [9.17, 15) is 4.79 Å². The molecule has 1 aromatic carbocycles. The lowest BCUT2D eigenvalue weighted by Gasteiger charge is -2.21. The number of hydrogen-bond acceptors (Lipinski definition) is 5. The third-order valence-electron chi connectivity index (χ3n) is 4.10. The SMILES string of the molecule is C=CC(=O)N(Cc1cnnn1C)c1ccc2c(c1)OC(C)(CC)O2. The molecule has 7 heteroatoms. The lowest BCUT2D eigenvalue weighted by Crippen LogP contribution is -2.33. The van der Waals surface area contributed by atoms with Crippen molar-refractivity contribution in [3.05, 3.63) is 42.7 Å². The first-order valence-electron chi connectivity index (χ1n) is 7.75. The summed E-state index contributed by atoms with van der Waals surface area (Å²) in [6.45, 7) is 7.80. The molecule has 0 saturated heterocycles. The highest BCUT2D eigenvalue weighted by Crippen LogP contribution is 2.42. The molecule has 0 spiro atoms. The maximum atomic E-state index is 12.3. The molecule has 2 heterocycles. The van der Waals surface area contributed by atoms with Crippen molar-refractivity contribution in [2.45, 2.75) is 32.6 Å². The van der Waals surface area contributed by atoms with Crippen LogP contribution in [0.3, 0.4) is 0 Å². The van der Waals surface area contributed by atoms with E-state index in [1.807, 2.05) is 26.0 Å². The summed E-state index contributed by atoms with van der Waals surface area (Å²) < 4.78 is 13.3. The van der Waals surface area contributed by atoms with Crippen LogP contribution in [0.5, 0.6) is 11.5 Å². The number of amides is 1. The Labute approximate surface area is 140 Å². The van der Waals surface area contributed by atoms with Crippen LogP contribution >= 0.6 is 0 Å². The van der Waals surface area contributed by atoms with Crippen molar-refractivity contribution in [1.29, 1.82) is 0 Å². The number of carbonyl (C=O) groups is 1. The van der Waals surface area contributed by atoms with E-state index in [0.717, 1.165) is 5.69 Å². The highest BCUT2D eigenvalue weighted by Gasteiger charge is 2.35. The quantitative estimate of drug-likeness (QED) is 0.789. The zero-order valence-electron chi connectivity index (χ0n) is 14.0. The summed E-state index contributed by atoms with van der Waals surface area (Å²) in [5, 5.41) is 7.74. The molecule has 0 radical (unpaired) electrons. The number of nitrogens with zero attached hydrogens (tertiary/aromatic N) is 4. The van der Waals surface area contributed by atoms with Gasteiger partial charge < -0.3 is 14.4 Å². The average Bonchev–Trinajstić information content (AvgIpc) is 3.13. The molecule has 1 atom stereocenters. The fraction of sp³-hybridized carbons (Fsp3) is 0.353. The summed E-state index contributed by atoms with van der Waals surface area (Å²) in [6, 6.07) is 5.45. The Morgan fingerprint density at radius 2 is 2.17 bits per heavy atom. The maximum Gasteiger partial charge on any atom is 0.250 e. The number of anilines is 1. The van der Waals surface area contributed by atoms with E-state index in [-0.39, 0.29) is 5.91 Å². The third kappa shape index (κ3) is 2.84. The molecule has 3 rings (SSSR count). The standard InChI is InChI=1S/C17H20N4O3/c1-5-16(22)21(11-13-10-18-19-20(13)4)12-7-8-14-15(9-12)24-17(3,6-2)23-14/h5,7-10H,1,6,11H2,2-4H3. The molecule has 1 aliphatic heterocycles. The lowest BCUT2D eigenvalue weighted by atomic mass is 10.2. The summed E-state index contributed by atoms with van der Waals surface area (Å²) in [7, 11) is 1.78. The van der Waals surface area contributed by atoms with Gasteiger partial charge in [-0.2, -0.15) is 0 Å². The number of aromatic nitrogens is 3. The van der Waals surface area contributed by atoms with Crippen molar-refractivity contribution >= 4 is 11.6 Å². The van der Waals surface area contributed by atoms with E-state index >= 15 is 0 Å². The van der Waals surface area contributed by atoms with E-state index in [1.165, 1.54) is 6.08 Å². The minimum Gasteiger partial charge on any atom is -0.449 e. The predicted octanol–water partition coefficient (Wildman–Crippen LogP) is 2.43. The Kier molecular flexibility index (Phi) is 4.01. The predicted molar refractivity (Wildman–Crippen MR) is 88.8 cm³/mol. The minimum absolute atomic E-state index is 0.215. The zero-order chi connectivity index (χ0) is 17.3. The summed E-state index contributed by atoms with van der Waals surface area (Å²) >= 11 is 0. The first-order chi connectivity index (χ1) is 11.5. The van der Waals surface area contributed by atoms with E-state index in [0.29, 0.717) is 30.2 Å². The third-order valence-corrected chi connectivity index (χ3v) is 4.10. The molecule has 0 aliphatic carbocycles. The highest BCUT2D eigenvalue weighted by molar-refractivity contribution is 6.01. The highest BCUT2D eigenvalue weighted by atomic mass is 16.7. The molecule has 126 valence electrons. The van der Waals surface area contributed by atoms with Crippen LogP contribution in [0, 0.1) is 0 Å². The van der Waals surface area contributed by atoms with Gasteiger partial charge in [0.15, 0.2) is 11.5 Å². The van der Waals surface area contributed by atoms with E-state index in [1.54, 1.807) is 28.9 Å². The smallest absolute Gasteiger partial charge is 0.250 e. The first-order valence-corrected chi connectivity index (χ1v) is 7.75. The molecule has 1 unspecified atom stereocenters. The van der Waals surface area contributed by atoms with Gasteiger partial charge in [-0.25, -0.2) is 0 Å². The average molecular weight is 328 g/mol. The molecule has 1 aromatic heterocycles. The largest absolute Gasteiger partial charge is 0.449 e. The van der Waals surface area contributed by atoms with Crippen molar-refractivity contribution < 1.29 is 14.3 Å². The minimum atomic E-state index is -0.666. The van der Waals surface area contributed by atoms with Gasteiger partial charge in [-0.1, -0.05) is 18.7 Å². The van der Waals surface area contributed by atoms with Gasteiger partial charge >= 0.3 is 0 Å². The van der Waals surface area contributed by atoms with Crippen molar-refractivity contribution in [2.75, 3.05) is 4.90 Å². The molecule has 24 heavy (non-hydrogen) atoms. The van der Waals surface area contributed by atoms with Gasteiger partial charge in [-0.3, -0.25) is 9.48 Å². The van der Waals surface area contributed by atoms with Crippen molar-refractivity contribution in [1.82, 2.24) is 15.0 Å². The second-order valence-corrected chi connectivity index (χ2v) is 5.80. The Balaban J connectivity index is 1.92. The van der Waals surface area contributed by atoms with Crippen molar-refractivity contribution in [3.8, 4) is 11.5 Å². The van der Waals surface area contributed by atoms with E-state index < -0.39 is 5.79 Å². The van der Waals surface area contributed by atoms with Gasteiger partial charge in [0.25, 0.3) is 5.91 Å². The second kappa shape index (κ2) is 5.99. The van der Waals surface area contributed by atoms with Crippen LogP contribution in [-0.2, 0) is 18.4 Å². The van der Waals surface area contributed by atoms with E-state index in [4.69, 9.17) is 9.47 Å². The number of rotatable bonds is 5. The number of benzene rings is 1. The maximum absolute atomic E-state index is 12.3. The molecule has 7 nitrogen and oxygen atoms in total. The number of aryl methyl sites for hydroxylation is 1. The van der Waals surface area contributed by atoms with Crippen LogP contribution in [-0.4, -0.2) is 26.7 Å². The summed E-state index contributed by atoms with van der Waals surface area (Å²) in [6.07, 6.45) is 3.63. The lowest BCUT2D eigenvalue weighted by molar-refractivity contribution is -0.114. The fourth-order valence-electron chi connectivity index (χ4n) is 2.48. The Bertz CT molecular complexity index is 786. The van der Waals surface area contributed by atoms with Crippen LogP contribution in [0.2, 0.25) is 0 Å². The zero-order valence-corrected chi connectivity index (χ0v) is 14.0. The molecule has 0 fully saturated rings. The number of carbonyl (C=O) groups excluding carboxylic acids is 1. The normalized spacial score (nSPS) is 18.5. The number of fused-ring (bicyclic) bond motifs is 1. The van der Waals surface area contributed by atoms with Gasteiger partial charge in [0, 0.05) is 32.1 Å². The van der Waals surface area contributed by atoms with Gasteiger partial charge in [-0.05, 0) is 18.2 Å². The summed E-state index contributed by atoms with van der Waals surface area (Å²) in [5.74, 6) is 0.423. The Hall–Kier alpha value is -2.83. The molecule has 1 aliphatic rings. The van der Waals surface area contributed by atoms with Crippen LogP contribution in [0.1, 0.15) is 26.0 Å². The number of hydrogen-bond donors (Lipinski definition) is 0. The first kappa shape index (κ1) is 16.0. The molecule has 1 amide bonds.